The maximum Gasteiger partial charge on any atom is 0.316 e. The first kappa shape index (κ1) is 10.2. The van der Waals surface area contributed by atoms with Gasteiger partial charge in [-0.3, -0.25) is 0 Å². The molecule has 0 heterocycles. The second kappa shape index (κ2) is 5.97. The van der Waals surface area contributed by atoms with Gasteiger partial charge in [-0.25, -0.2) is 4.79 Å². The highest BCUT2D eigenvalue weighted by molar-refractivity contribution is 5.73. The third-order valence-electron chi connectivity index (χ3n) is 1.27. The number of nitrogens with one attached hydrogen (secondary N) is 1. The number of rotatable bonds is 4. The van der Waals surface area contributed by atoms with E-state index in [1.54, 1.807) is 14.1 Å². The Morgan fingerprint density at radius 3 is 2.55 bits per heavy atom. The SMILES string of the molecule is CN(C)C(=O)NCCCCO. The summed E-state index contributed by atoms with van der Waals surface area (Å²) in [5.74, 6) is 0. The fraction of sp³-hybridized carbons (Fsp3) is 0.857. The van der Waals surface area contributed by atoms with Gasteiger partial charge in [0.2, 0.25) is 0 Å². The van der Waals surface area contributed by atoms with Crippen molar-refractivity contribution in [3.8, 4) is 0 Å². The minimum Gasteiger partial charge on any atom is -0.396 e. The molecule has 0 aliphatic heterocycles. The highest BCUT2D eigenvalue weighted by atomic mass is 16.3. The summed E-state index contributed by atoms with van der Waals surface area (Å²) in [5, 5.41) is 11.1. The lowest BCUT2D eigenvalue weighted by molar-refractivity contribution is 0.216. The minimum absolute atomic E-state index is 0.0806. The average Bonchev–Trinajstić information content (AvgIpc) is 1.97. The molecule has 0 aliphatic carbocycles. The van der Waals surface area contributed by atoms with Crippen LogP contribution in [0.2, 0.25) is 0 Å². The van der Waals surface area contributed by atoms with Gasteiger partial charge in [0.15, 0.2) is 0 Å². The lowest BCUT2D eigenvalue weighted by Crippen LogP contribution is -2.34. The molecule has 0 saturated heterocycles. The van der Waals surface area contributed by atoms with Crippen molar-refractivity contribution in [2.45, 2.75) is 12.8 Å². The summed E-state index contributed by atoms with van der Waals surface area (Å²) in [6.45, 7) is 0.829. The second-order valence-electron chi connectivity index (χ2n) is 2.56. The van der Waals surface area contributed by atoms with Gasteiger partial charge < -0.3 is 15.3 Å². The van der Waals surface area contributed by atoms with E-state index in [9.17, 15) is 4.79 Å². The molecule has 0 fully saturated rings. The topological polar surface area (TPSA) is 52.6 Å². The number of hydrogen-bond donors (Lipinski definition) is 2. The number of unbranched alkanes of at least 4 members (excludes halogenated alkanes) is 1. The fourth-order valence-electron chi connectivity index (χ4n) is 0.590. The number of nitrogens with zero attached hydrogens (tertiary/aromatic N) is 1. The number of urea groups is 1. The summed E-state index contributed by atoms with van der Waals surface area (Å²) < 4.78 is 0. The number of aliphatic hydroxyl groups is 1. The van der Waals surface area contributed by atoms with E-state index in [0.29, 0.717) is 6.54 Å². The molecule has 11 heavy (non-hydrogen) atoms. The quantitative estimate of drug-likeness (QED) is 0.570. The molecule has 0 rings (SSSR count). The zero-order chi connectivity index (χ0) is 8.69. The Morgan fingerprint density at radius 2 is 2.09 bits per heavy atom. The zero-order valence-corrected chi connectivity index (χ0v) is 7.13. The molecule has 0 aromatic carbocycles. The van der Waals surface area contributed by atoms with Gasteiger partial charge in [-0.15, -0.1) is 0 Å². The van der Waals surface area contributed by atoms with Crippen molar-refractivity contribution in [1.29, 1.82) is 0 Å². The van der Waals surface area contributed by atoms with Crippen LogP contribution in [0, 0.1) is 0 Å². The van der Waals surface area contributed by atoms with Crippen LogP contribution in [-0.2, 0) is 0 Å². The third kappa shape index (κ3) is 5.66. The van der Waals surface area contributed by atoms with Crippen molar-refractivity contribution in [3.63, 3.8) is 0 Å². The van der Waals surface area contributed by atoms with E-state index in [1.165, 1.54) is 4.90 Å². The average molecular weight is 160 g/mol. The molecule has 4 nitrogen and oxygen atoms in total. The first-order valence-electron chi connectivity index (χ1n) is 3.74. The molecule has 2 N–H and O–H groups in total. The van der Waals surface area contributed by atoms with Crippen molar-refractivity contribution < 1.29 is 9.90 Å². The zero-order valence-electron chi connectivity index (χ0n) is 7.13. The Kier molecular flexibility index (Phi) is 5.56. The molecule has 66 valence electrons. The molecule has 0 aliphatic rings. The van der Waals surface area contributed by atoms with Gasteiger partial charge in [-0.2, -0.15) is 0 Å². The normalized spacial score (nSPS) is 9.36. The molecular formula is C7H16N2O2. The number of carbonyl (C=O) groups excluding carboxylic acids is 1. The Labute approximate surface area is 67.2 Å². The summed E-state index contributed by atoms with van der Waals surface area (Å²) in [4.78, 5) is 12.3. The van der Waals surface area contributed by atoms with Crippen LogP contribution in [0.5, 0.6) is 0 Å². The summed E-state index contributed by atoms with van der Waals surface area (Å²) in [5.41, 5.74) is 0. The van der Waals surface area contributed by atoms with E-state index in [2.05, 4.69) is 5.32 Å². The molecule has 0 bridgehead atoms. The van der Waals surface area contributed by atoms with E-state index in [0.717, 1.165) is 12.8 Å². The maximum atomic E-state index is 10.9. The molecule has 0 aromatic rings. The van der Waals surface area contributed by atoms with Crippen LogP contribution in [-0.4, -0.2) is 43.3 Å². The molecule has 0 saturated carbocycles. The monoisotopic (exact) mass is 160 g/mol. The van der Waals surface area contributed by atoms with E-state index in [1.807, 2.05) is 0 Å². The van der Waals surface area contributed by atoms with Crippen molar-refractivity contribution in [1.82, 2.24) is 10.2 Å². The minimum atomic E-state index is -0.0806. The standard InChI is InChI=1S/C7H16N2O2/c1-9(2)7(11)8-5-3-4-6-10/h10H,3-6H2,1-2H3,(H,8,11). The van der Waals surface area contributed by atoms with E-state index < -0.39 is 0 Å². The van der Waals surface area contributed by atoms with Gasteiger partial charge in [0.05, 0.1) is 0 Å². The molecular weight excluding hydrogens is 144 g/mol. The van der Waals surface area contributed by atoms with Crippen LogP contribution in [0.1, 0.15) is 12.8 Å². The smallest absolute Gasteiger partial charge is 0.316 e. The molecule has 4 heteroatoms. The van der Waals surface area contributed by atoms with Crippen molar-refractivity contribution >= 4 is 6.03 Å². The number of carbonyl (C=O) groups is 1. The molecule has 0 aromatic heterocycles. The van der Waals surface area contributed by atoms with Gasteiger partial charge >= 0.3 is 6.03 Å². The summed E-state index contributed by atoms with van der Waals surface area (Å²) in [6.07, 6.45) is 1.57. The van der Waals surface area contributed by atoms with E-state index in [4.69, 9.17) is 5.11 Å². The lowest BCUT2D eigenvalue weighted by Gasteiger charge is -2.11. The Balaban J connectivity index is 3.18. The Morgan fingerprint density at radius 1 is 1.45 bits per heavy atom. The van der Waals surface area contributed by atoms with Crippen LogP contribution < -0.4 is 5.32 Å². The largest absolute Gasteiger partial charge is 0.396 e. The van der Waals surface area contributed by atoms with Crippen LogP contribution in [0.3, 0.4) is 0 Å². The van der Waals surface area contributed by atoms with Gasteiger partial charge in [0.25, 0.3) is 0 Å². The van der Waals surface area contributed by atoms with Gasteiger partial charge in [-0.05, 0) is 12.8 Å². The number of hydrogen-bond acceptors (Lipinski definition) is 2. The van der Waals surface area contributed by atoms with Crippen molar-refractivity contribution in [2.24, 2.45) is 0 Å². The van der Waals surface area contributed by atoms with Crippen molar-refractivity contribution in [3.05, 3.63) is 0 Å². The van der Waals surface area contributed by atoms with Crippen LogP contribution in [0.15, 0.2) is 0 Å². The van der Waals surface area contributed by atoms with E-state index in [-0.39, 0.29) is 12.6 Å². The van der Waals surface area contributed by atoms with Gasteiger partial charge in [0.1, 0.15) is 0 Å². The predicted molar refractivity (Wildman–Crippen MR) is 43.4 cm³/mol. The second-order valence-corrected chi connectivity index (χ2v) is 2.56. The first-order valence-corrected chi connectivity index (χ1v) is 3.74. The van der Waals surface area contributed by atoms with E-state index >= 15 is 0 Å². The number of amides is 2. The Bertz CT molecular complexity index is 115. The summed E-state index contributed by atoms with van der Waals surface area (Å²) in [6, 6.07) is -0.0806. The van der Waals surface area contributed by atoms with Crippen LogP contribution in [0.4, 0.5) is 4.79 Å². The van der Waals surface area contributed by atoms with Crippen LogP contribution in [0.25, 0.3) is 0 Å². The fourth-order valence-corrected chi connectivity index (χ4v) is 0.590. The highest BCUT2D eigenvalue weighted by Gasteiger charge is 1.99. The first-order chi connectivity index (χ1) is 5.18. The highest BCUT2D eigenvalue weighted by Crippen LogP contribution is 1.84. The Hall–Kier alpha value is -0.770. The van der Waals surface area contributed by atoms with Crippen LogP contribution >= 0.6 is 0 Å². The molecule has 0 spiro atoms. The molecule has 2 amide bonds. The third-order valence-corrected chi connectivity index (χ3v) is 1.27. The lowest BCUT2D eigenvalue weighted by atomic mass is 10.3. The van der Waals surface area contributed by atoms with Gasteiger partial charge in [-0.1, -0.05) is 0 Å². The molecule has 0 radical (unpaired) electrons. The summed E-state index contributed by atoms with van der Waals surface area (Å²) >= 11 is 0. The maximum absolute atomic E-state index is 10.9. The molecule has 0 atom stereocenters. The predicted octanol–water partition coefficient (Wildman–Crippen LogP) is 0.0301. The summed E-state index contributed by atoms with van der Waals surface area (Å²) in [7, 11) is 3.39. The number of aliphatic hydroxyl groups excluding tert-OH is 1. The van der Waals surface area contributed by atoms with Crippen molar-refractivity contribution in [2.75, 3.05) is 27.2 Å². The van der Waals surface area contributed by atoms with Gasteiger partial charge in [0, 0.05) is 27.2 Å². The molecule has 0 unspecified atom stereocenters.